The van der Waals surface area contributed by atoms with Crippen LogP contribution in [-0.4, -0.2) is 74.7 Å². The van der Waals surface area contributed by atoms with Crippen LogP contribution in [0.4, 0.5) is 4.79 Å². The maximum absolute atomic E-state index is 12.4. The van der Waals surface area contributed by atoms with Crippen molar-refractivity contribution in [1.82, 2.24) is 20.4 Å². The number of piperazine rings is 1. The van der Waals surface area contributed by atoms with Gasteiger partial charge in [0.05, 0.1) is 7.11 Å². The number of rotatable bonds is 10. The first-order chi connectivity index (χ1) is 15.6. The predicted molar refractivity (Wildman–Crippen MR) is 123 cm³/mol. The molecule has 0 bridgehead atoms. The van der Waals surface area contributed by atoms with Crippen molar-refractivity contribution in [1.29, 1.82) is 0 Å². The van der Waals surface area contributed by atoms with E-state index in [-0.39, 0.29) is 11.9 Å². The van der Waals surface area contributed by atoms with Gasteiger partial charge in [0.1, 0.15) is 18.1 Å². The maximum atomic E-state index is 12.4. The molecule has 1 saturated heterocycles. The van der Waals surface area contributed by atoms with Gasteiger partial charge in [0.25, 0.3) is 0 Å². The molecule has 0 saturated carbocycles. The molecule has 0 radical (unpaired) electrons. The maximum Gasteiger partial charge on any atom is 0.315 e. The van der Waals surface area contributed by atoms with E-state index in [1.807, 2.05) is 59.5 Å². The number of benzene rings is 2. The molecule has 1 aliphatic heterocycles. The van der Waals surface area contributed by atoms with Crippen LogP contribution < -0.4 is 20.1 Å². The average Bonchev–Trinajstić information content (AvgIpc) is 2.84. The third-order valence-electron chi connectivity index (χ3n) is 5.38. The summed E-state index contributed by atoms with van der Waals surface area (Å²) in [5.41, 5.74) is 1.03. The van der Waals surface area contributed by atoms with Crippen molar-refractivity contribution in [2.45, 2.75) is 13.0 Å². The Labute approximate surface area is 189 Å². The molecular weight excluding hydrogens is 408 g/mol. The molecule has 0 atom stereocenters. The fourth-order valence-corrected chi connectivity index (χ4v) is 3.47. The van der Waals surface area contributed by atoms with Crippen LogP contribution in [-0.2, 0) is 11.3 Å². The second-order valence-corrected chi connectivity index (χ2v) is 7.59. The average molecular weight is 441 g/mol. The number of nitrogens with one attached hydrogen (secondary N) is 2. The molecule has 8 heteroatoms. The number of carbonyl (C=O) groups excluding carboxylic acids is 2. The molecule has 3 amide bonds. The molecule has 1 aliphatic rings. The third kappa shape index (κ3) is 7.77. The van der Waals surface area contributed by atoms with Crippen molar-refractivity contribution >= 4 is 11.9 Å². The molecule has 0 aromatic heterocycles. The van der Waals surface area contributed by atoms with Crippen molar-refractivity contribution in [3.63, 3.8) is 0 Å². The lowest BCUT2D eigenvalue weighted by molar-refractivity contribution is -0.132. The third-order valence-corrected chi connectivity index (χ3v) is 5.38. The van der Waals surface area contributed by atoms with E-state index in [9.17, 15) is 9.59 Å². The Hall–Kier alpha value is -3.26. The lowest BCUT2D eigenvalue weighted by Crippen LogP contribution is -2.50. The van der Waals surface area contributed by atoms with Crippen LogP contribution in [0.2, 0.25) is 0 Å². The van der Waals surface area contributed by atoms with E-state index in [4.69, 9.17) is 9.47 Å². The Bertz CT molecular complexity index is 837. The Morgan fingerprint density at radius 3 is 2.28 bits per heavy atom. The zero-order valence-corrected chi connectivity index (χ0v) is 18.6. The monoisotopic (exact) mass is 440 g/mol. The van der Waals surface area contributed by atoms with Gasteiger partial charge in [-0.15, -0.1) is 0 Å². The van der Waals surface area contributed by atoms with Crippen LogP contribution in [0.25, 0.3) is 0 Å². The summed E-state index contributed by atoms with van der Waals surface area (Å²) in [6.45, 7) is 5.24. The number of ether oxygens (including phenoxy) is 2. The SMILES string of the molecule is COc1ccc(OCCN2CCN(C(=O)CCNC(=O)NCc3ccccc3)CC2)cc1. The van der Waals surface area contributed by atoms with Gasteiger partial charge in [-0.05, 0) is 29.8 Å². The molecule has 2 aromatic carbocycles. The number of nitrogens with zero attached hydrogens (tertiary/aromatic N) is 2. The molecule has 2 aromatic rings. The highest BCUT2D eigenvalue weighted by Gasteiger charge is 2.20. The Morgan fingerprint density at radius 2 is 1.59 bits per heavy atom. The number of hydrogen-bond donors (Lipinski definition) is 2. The van der Waals surface area contributed by atoms with Gasteiger partial charge in [0.2, 0.25) is 5.91 Å². The van der Waals surface area contributed by atoms with Gasteiger partial charge >= 0.3 is 6.03 Å². The summed E-state index contributed by atoms with van der Waals surface area (Å²) in [5.74, 6) is 1.70. The van der Waals surface area contributed by atoms with Gasteiger partial charge < -0.3 is 25.0 Å². The number of amides is 3. The van der Waals surface area contributed by atoms with Gasteiger partial charge in [-0.3, -0.25) is 9.69 Å². The van der Waals surface area contributed by atoms with E-state index < -0.39 is 0 Å². The summed E-state index contributed by atoms with van der Waals surface area (Å²) in [6.07, 6.45) is 0.305. The second kappa shape index (κ2) is 12.6. The molecule has 172 valence electrons. The number of urea groups is 1. The Kier molecular flexibility index (Phi) is 9.19. The van der Waals surface area contributed by atoms with Gasteiger partial charge in [0.15, 0.2) is 0 Å². The molecule has 0 spiro atoms. The Morgan fingerprint density at radius 1 is 0.906 bits per heavy atom. The highest BCUT2D eigenvalue weighted by atomic mass is 16.5. The summed E-state index contributed by atoms with van der Waals surface area (Å²) in [5, 5.41) is 5.55. The van der Waals surface area contributed by atoms with Gasteiger partial charge in [-0.25, -0.2) is 4.79 Å². The molecule has 8 nitrogen and oxygen atoms in total. The van der Waals surface area contributed by atoms with Crippen LogP contribution in [0.3, 0.4) is 0 Å². The minimum atomic E-state index is -0.261. The minimum Gasteiger partial charge on any atom is -0.497 e. The molecule has 0 unspecified atom stereocenters. The van der Waals surface area contributed by atoms with E-state index in [1.54, 1.807) is 7.11 Å². The van der Waals surface area contributed by atoms with Gasteiger partial charge in [-0.1, -0.05) is 30.3 Å². The molecule has 1 heterocycles. The van der Waals surface area contributed by atoms with Crippen LogP contribution in [0.15, 0.2) is 54.6 Å². The normalized spacial score (nSPS) is 14.0. The zero-order valence-electron chi connectivity index (χ0n) is 18.6. The minimum absolute atomic E-state index is 0.0718. The fraction of sp³-hybridized carbons (Fsp3) is 0.417. The van der Waals surface area contributed by atoms with E-state index in [0.29, 0.717) is 39.2 Å². The summed E-state index contributed by atoms with van der Waals surface area (Å²) in [4.78, 5) is 28.5. The number of methoxy groups -OCH3 is 1. The topological polar surface area (TPSA) is 83.1 Å². The highest BCUT2D eigenvalue weighted by Crippen LogP contribution is 2.17. The van der Waals surface area contributed by atoms with Crippen LogP contribution >= 0.6 is 0 Å². The van der Waals surface area contributed by atoms with Crippen molar-refractivity contribution in [3.05, 3.63) is 60.2 Å². The molecule has 0 aliphatic carbocycles. The predicted octanol–water partition coefficient (Wildman–Crippen LogP) is 2.11. The molecule has 2 N–H and O–H groups in total. The summed E-state index contributed by atoms with van der Waals surface area (Å²) in [7, 11) is 1.64. The lowest BCUT2D eigenvalue weighted by Gasteiger charge is -2.34. The fourth-order valence-electron chi connectivity index (χ4n) is 3.47. The number of hydrogen-bond acceptors (Lipinski definition) is 5. The van der Waals surface area contributed by atoms with Crippen molar-refractivity contribution in [2.75, 3.05) is 53.0 Å². The standard InChI is InChI=1S/C24H32N4O4/c1-31-21-7-9-22(10-8-21)32-18-17-27-13-15-28(16-14-27)23(29)11-12-25-24(30)26-19-20-5-3-2-4-6-20/h2-10H,11-19H2,1H3,(H2,25,26,30). The lowest BCUT2D eigenvalue weighted by atomic mass is 10.2. The first-order valence-corrected chi connectivity index (χ1v) is 11.0. The van der Waals surface area contributed by atoms with Crippen molar-refractivity contribution in [3.8, 4) is 11.5 Å². The van der Waals surface area contributed by atoms with E-state index in [0.717, 1.165) is 36.7 Å². The Balaban J connectivity index is 1.25. The first-order valence-electron chi connectivity index (χ1n) is 11.0. The largest absolute Gasteiger partial charge is 0.497 e. The van der Waals surface area contributed by atoms with Crippen molar-refractivity contribution < 1.29 is 19.1 Å². The van der Waals surface area contributed by atoms with E-state index >= 15 is 0 Å². The summed E-state index contributed by atoms with van der Waals surface area (Å²) < 4.78 is 10.9. The van der Waals surface area contributed by atoms with Gasteiger partial charge in [0, 0.05) is 52.2 Å². The summed E-state index contributed by atoms with van der Waals surface area (Å²) in [6, 6.07) is 17.0. The second-order valence-electron chi connectivity index (χ2n) is 7.59. The summed E-state index contributed by atoms with van der Waals surface area (Å²) >= 11 is 0. The van der Waals surface area contributed by atoms with Crippen LogP contribution in [0, 0.1) is 0 Å². The van der Waals surface area contributed by atoms with Crippen LogP contribution in [0.5, 0.6) is 11.5 Å². The van der Waals surface area contributed by atoms with E-state index in [2.05, 4.69) is 15.5 Å². The first kappa shape index (κ1) is 23.4. The number of carbonyl (C=O) groups is 2. The highest BCUT2D eigenvalue weighted by molar-refractivity contribution is 5.78. The van der Waals surface area contributed by atoms with Crippen LogP contribution in [0.1, 0.15) is 12.0 Å². The molecule has 32 heavy (non-hydrogen) atoms. The van der Waals surface area contributed by atoms with Crippen molar-refractivity contribution in [2.24, 2.45) is 0 Å². The van der Waals surface area contributed by atoms with E-state index in [1.165, 1.54) is 0 Å². The molecular formula is C24H32N4O4. The smallest absolute Gasteiger partial charge is 0.315 e. The zero-order chi connectivity index (χ0) is 22.6. The quantitative estimate of drug-likeness (QED) is 0.591. The van der Waals surface area contributed by atoms with Gasteiger partial charge in [-0.2, -0.15) is 0 Å². The molecule has 3 rings (SSSR count). The molecule has 1 fully saturated rings.